The first-order valence-corrected chi connectivity index (χ1v) is 8.30. The number of nitro benzene ring substituents is 1. The number of rotatable bonds is 5. The zero-order valence-corrected chi connectivity index (χ0v) is 15.6. The SMILES string of the molecule is CN(CCCN1C(=O)c2cc(N)c([N+](=O)[O-])cc2C1=O)C(=O)OC(C)(C)C. The lowest BCUT2D eigenvalue weighted by atomic mass is 10.1. The lowest BCUT2D eigenvalue weighted by Gasteiger charge is -2.25. The van der Waals surface area contributed by atoms with Crippen molar-refractivity contribution in [3.63, 3.8) is 0 Å². The third kappa shape index (κ3) is 4.33. The maximum absolute atomic E-state index is 12.4. The maximum atomic E-state index is 12.4. The van der Waals surface area contributed by atoms with Crippen LogP contribution in [0.25, 0.3) is 0 Å². The monoisotopic (exact) mass is 378 g/mol. The molecule has 0 atom stereocenters. The summed E-state index contributed by atoms with van der Waals surface area (Å²) in [5, 5.41) is 11.0. The molecule has 0 aliphatic carbocycles. The van der Waals surface area contributed by atoms with E-state index in [-0.39, 0.29) is 29.9 Å². The molecule has 0 radical (unpaired) electrons. The first kappa shape index (κ1) is 20.1. The number of nitrogens with zero attached hydrogens (tertiary/aromatic N) is 3. The summed E-state index contributed by atoms with van der Waals surface area (Å²) in [7, 11) is 1.56. The molecule has 1 aliphatic heterocycles. The second kappa shape index (κ2) is 7.22. The molecule has 2 N–H and O–H groups in total. The summed E-state index contributed by atoms with van der Waals surface area (Å²) in [4.78, 5) is 49.4. The van der Waals surface area contributed by atoms with Gasteiger partial charge in [0.1, 0.15) is 11.3 Å². The quantitative estimate of drug-likeness (QED) is 0.358. The van der Waals surface area contributed by atoms with E-state index >= 15 is 0 Å². The summed E-state index contributed by atoms with van der Waals surface area (Å²) in [6, 6.07) is 2.18. The van der Waals surface area contributed by atoms with Gasteiger partial charge in [0.2, 0.25) is 0 Å². The second-order valence-corrected chi connectivity index (χ2v) is 7.23. The summed E-state index contributed by atoms with van der Waals surface area (Å²) in [6.45, 7) is 5.59. The van der Waals surface area contributed by atoms with Crippen LogP contribution in [0.1, 0.15) is 47.9 Å². The molecular formula is C17H22N4O6. The largest absolute Gasteiger partial charge is 0.444 e. The van der Waals surface area contributed by atoms with Crippen LogP contribution < -0.4 is 5.73 Å². The Morgan fingerprint density at radius 1 is 1.26 bits per heavy atom. The predicted octanol–water partition coefficient (Wildman–Crippen LogP) is 2.03. The Bertz CT molecular complexity index is 814. The Morgan fingerprint density at radius 2 is 1.81 bits per heavy atom. The Labute approximate surface area is 156 Å². The van der Waals surface area contributed by atoms with E-state index in [1.807, 2.05) is 0 Å². The zero-order chi connectivity index (χ0) is 20.5. The Morgan fingerprint density at radius 3 is 2.33 bits per heavy atom. The number of anilines is 1. The topological polar surface area (TPSA) is 136 Å². The first-order chi connectivity index (χ1) is 12.4. The third-order valence-corrected chi connectivity index (χ3v) is 3.90. The summed E-state index contributed by atoms with van der Waals surface area (Å²) in [5.74, 6) is -1.17. The second-order valence-electron chi connectivity index (χ2n) is 7.23. The van der Waals surface area contributed by atoms with Crippen LogP contribution in [0.5, 0.6) is 0 Å². The molecule has 0 bridgehead atoms. The summed E-state index contributed by atoms with van der Waals surface area (Å²) in [6.07, 6.45) is -0.174. The van der Waals surface area contributed by atoms with Crippen LogP contribution in [0.3, 0.4) is 0 Å². The van der Waals surface area contributed by atoms with Crippen LogP contribution in [-0.4, -0.2) is 58.4 Å². The van der Waals surface area contributed by atoms with Gasteiger partial charge < -0.3 is 15.4 Å². The van der Waals surface area contributed by atoms with Crippen molar-refractivity contribution in [1.29, 1.82) is 0 Å². The normalized spacial score (nSPS) is 13.6. The molecule has 2 rings (SSSR count). The van der Waals surface area contributed by atoms with Gasteiger partial charge in [-0.1, -0.05) is 0 Å². The van der Waals surface area contributed by atoms with Gasteiger partial charge >= 0.3 is 6.09 Å². The number of carbonyl (C=O) groups excluding carboxylic acids is 3. The predicted molar refractivity (Wildman–Crippen MR) is 96.4 cm³/mol. The zero-order valence-electron chi connectivity index (χ0n) is 15.6. The molecule has 1 aliphatic rings. The van der Waals surface area contributed by atoms with E-state index in [9.17, 15) is 24.5 Å². The highest BCUT2D eigenvalue weighted by Crippen LogP contribution is 2.31. The van der Waals surface area contributed by atoms with Crippen molar-refractivity contribution in [1.82, 2.24) is 9.80 Å². The molecular weight excluding hydrogens is 356 g/mol. The van der Waals surface area contributed by atoms with Gasteiger partial charge in [-0.15, -0.1) is 0 Å². The molecule has 146 valence electrons. The van der Waals surface area contributed by atoms with Crippen LogP contribution in [0.2, 0.25) is 0 Å². The van der Waals surface area contributed by atoms with Gasteiger partial charge in [-0.05, 0) is 33.3 Å². The molecule has 1 aromatic rings. The molecule has 0 unspecified atom stereocenters. The molecule has 0 spiro atoms. The van der Waals surface area contributed by atoms with Crippen LogP contribution in [0.15, 0.2) is 12.1 Å². The highest BCUT2D eigenvalue weighted by Gasteiger charge is 2.37. The van der Waals surface area contributed by atoms with Crippen molar-refractivity contribution >= 4 is 29.3 Å². The van der Waals surface area contributed by atoms with Crippen molar-refractivity contribution in [2.24, 2.45) is 0 Å². The average molecular weight is 378 g/mol. The van der Waals surface area contributed by atoms with Gasteiger partial charge in [-0.3, -0.25) is 24.6 Å². The molecule has 27 heavy (non-hydrogen) atoms. The number of carbonyl (C=O) groups is 3. The number of imide groups is 1. The number of fused-ring (bicyclic) bond motifs is 1. The Hall–Kier alpha value is -3.17. The number of benzene rings is 1. The molecule has 10 heteroatoms. The summed E-state index contributed by atoms with van der Waals surface area (Å²) < 4.78 is 5.23. The van der Waals surface area contributed by atoms with E-state index in [1.165, 1.54) is 4.90 Å². The molecule has 0 saturated heterocycles. The minimum atomic E-state index is -0.703. The van der Waals surface area contributed by atoms with Crippen molar-refractivity contribution in [3.8, 4) is 0 Å². The first-order valence-electron chi connectivity index (χ1n) is 8.30. The molecule has 3 amide bonds. The van der Waals surface area contributed by atoms with Gasteiger partial charge in [0.05, 0.1) is 16.1 Å². The van der Waals surface area contributed by atoms with E-state index in [2.05, 4.69) is 0 Å². The van der Waals surface area contributed by atoms with Crippen LogP contribution in [0.4, 0.5) is 16.2 Å². The minimum absolute atomic E-state index is 0.0404. The Balaban J connectivity index is 2.02. The van der Waals surface area contributed by atoms with Crippen LogP contribution in [-0.2, 0) is 4.74 Å². The van der Waals surface area contributed by atoms with Crippen molar-refractivity contribution < 1.29 is 24.0 Å². The standard InChI is InChI=1S/C17H22N4O6/c1-17(2,3)27-16(24)19(4)6-5-7-20-14(22)10-8-12(18)13(21(25)26)9-11(10)15(20)23/h8-9H,5-7,18H2,1-4H3. The van der Waals surface area contributed by atoms with Crippen LogP contribution in [0, 0.1) is 10.1 Å². The minimum Gasteiger partial charge on any atom is -0.444 e. The van der Waals surface area contributed by atoms with Gasteiger partial charge in [-0.2, -0.15) is 0 Å². The number of hydrogen-bond donors (Lipinski definition) is 1. The van der Waals surface area contributed by atoms with Gasteiger partial charge in [-0.25, -0.2) is 4.79 Å². The van der Waals surface area contributed by atoms with Crippen molar-refractivity contribution in [3.05, 3.63) is 33.4 Å². The molecule has 0 fully saturated rings. The molecule has 1 heterocycles. The number of nitro groups is 1. The van der Waals surface area contributed by atoms with Crippen LogP contribution >= 0.6 is 0 Å². The van der Waals surface area contributed by atoms with Gasteiger partial charge in [0.15, 0.2) is 0 Å². The van der Waals surface area contributed by atoms with E-state index in [0.717, 1.165) is 17.0 Å². The lowest BCUT2D eigenvalue weighted by Crippen LogP contribution is -2.37. The number of hydrogen-bond acceptors (Lipinski definition) is 7. The smallest absolute Gasteiger partial charge is 0.410 e. The number of ether oxygens (including phenoxy) is 1. The van der Waals surface area contributed by atoms with E-state index in [1.54, 1.807) is 27.8 Å². The van der Waals surface area contributed by atoms with Gasteiger partial charge in [0, 0.05) is 26.2 Å². The maximum Gasteiger partial charge on any atom is 0.410 e. The van der Waals surface area contributed by atoms with E-state index in [4.69, 9.17) is 10.5 Å². The molecule has 1 aromatic carbocycles. The fourth-order valence-corrected chi connectivity index (χ4v) is 2.60. The van der Waals surface area contributed by atoms with Crippen molar-refractivity contribution in [2.45, 2.75) is 32.8 Å². The highest BCUT2D eigenvalue weighted by atomic mass is 16.6. The fraction of sp³-hybridized carbons (Fsp3) is 0.471. The number of nitrogen functional groups attached to an aromatic ring is 1. The third-order valence-electron chi connectivity index (χ3n) is 3.90. The lowest BCUT2D eigenvalue weighted by molar-refractivity contribution is -0.383. The summed E-state index contributed by atoms with van der Waals surface area (Å²) >= 11 is 0. The fourth-order valence-electron chi connectivity index (χ4n) is 2.60. The Kier molecular flexibility index (Phi) is 5.38. The molecule has 0 aromatic heterocycles. The summed E-state index contributed by atoms with van der Waals surface area (Å²) in [5.41, 5.74) is 4.38. The molecule has 10 nitrogen and oxygen atoms in total. The highest BCUT2D eigenvalue weighted by molar-refractivity contribution is 6.22. The average Bonchev–Trinajstić information content (AvgIpc) is 2.76. The van der Waals surface area contributed by atoms with Crippen molar-refractivity contribution in [2.75, 3.05) is 25.9 Å². The van der Waals surface area contributed by atoms with E-state index < -0.39 is 34.1 Å². The van der Waals surface area contributed by atoms with E-state index in [0.29, 0.717) is 6.42 Å². The van der Waals surface area contributed by atoms with Gasteiger partial charge in [0.25, 0.3) is 17.5 Å². The molecule has 0 saturated carbocycles. The number of nitrogens with two attached hydrogens (primary N) is 1. The number of amides is 3.